The lowest BCUT2D eigenvalue weighted by molar-refractivity contribution is -0.255. The van der Waals surface area contributed by atoms with Gasteiger partial charge in [0, 0.05) is 0 Å². The van der Waals surface area contributed by atoms with Gasteiger partial charge in [0.05, 0.1) is 11.0 Å². The Balaban J connectivity index is 2.70. The van der Waals surface area contributed by atoms with Gasteiger partial charge >= 0.3 is 0 Å². The Morgan fingerprint density at radius 2 is 2.17 bits per heavy atom. The number of carbonyl (C=O) groups excluding carboxylic acids is 1. The number of nitrogens with one attached hydrogen (secondary N) is 1. The van der Waals surface area contributed by atoms with Gasteiger partial charge in [0.2, 0.25) is 0 Å². The molecule has 1 aromatic carbocycles. The zero-order chi connectivity index (χ0) is 8.55. The number of rotatable bonds is 1. The largest absolute Gasteiger partial charge is 0.542 e. The van der Waals surface area contributed by atoms with E-state index in [9.17, 15) is 9.90 Å². The van der Waals surface area contributed by atoms with Gasteiger partial charge < -0.3 is 14.9 Å². The Morgan fingerprint density at radius 1 is 1.42 bits per heavy atom. The van der Waals surface area contributed by atoms with Gasteiger partial charge in [-0.3, -0.25) is 0 Å². The van der Waals surface area contributed by atoms with Crippen molar-refractivity contribution in [3.63, 3.8) is 0 Å². The molecular formula is C8H5N2O2-. The highest BCUT2D eigenvalue weighted by Crippen LogP contribution is 2.09. The van der Waals surface area contributed by atoms with Crippen molar-refractivity contribution in [2.24, 2.45) is 0 Å². The number of carboxylic acid groups (broad SMARTS) is 1. The second kappa shape index (κ2) is 2.34. The summed E-state index contributed by atoms with van der Waals surface area (Å²) in [5.74, 6) is -1.41. The molecule has 0 aliphatic rings. The molecular weight excluding hydrogens is 156 g/mol. The minimum absolute atomic E-state index is 0.129. The summed E-state index contributed by atoms with van der Waals surface area (Å²) < 4.78 is 0. The fraction of sp³-hybridized carbons (Fsp3) is 0. The molecule has 0 unspecified atom stereocenters. The first-order valence-corrected chi connectivity index (χ1v) is 3.43. The maximum absolute atomic E-state index is 10.4. The summed E-state index contributed by atoms with van der Waals surface area (Å²) in [6.07, 6.45) is 0. The summed E-state index contributed by atoms with van der Waals surface area (Å²) in [5.41, 5.74) is 1.34. The maximum Gasteiger partial charge on any atom is 0.154 e. The van der Waals surface area contributed by atoms with Crippen LogP contribution >= 0.6 is 0 Å². The van der Waals surface area contributed by atoms with Crippen LogP contribution in [0.15, 0.2) is 24.3 Å². The maximum atomic E-state index is 10.4. The molecule has 0 spiro atoms. The normalized spacial score (nSPS) is 10.3. The van der Waals surface area contributed by atoms with Crippen LogP contribution in [0.1, 0.15) is 10.6 Å². The summed E-state index contributed by atoms with van der Waals surface area (Å²) >= 11 is 0. The first-order valence-electron chi connectivity index (χ1n) is 3.43. The Bertz CT molecular complexity index is 400. The monoisotopic (exact) mass is 161 g/mol. The first-order chi connectivity index (χ1) is 5.77. The quantitative estimate of drug-likeness (QED) is 0.636. The molecule has 0 atom stereocenters. The van der Waals surface area contributed by atoms with E-state index in [2.05, 4.69) is 9.97 Å². The molecule has 0 aliphatic heterocycles. The lowest BCUT2D eigenvalue weighted by Crippen LogP contribution is -2.23. The Labute approximate surface area is 67.9 Å². The topological polar surface area (TPSA) is 68.8 Å². The van der Waals surface area contributed by atoms with Crippen LogP contribution < -0.4 is 5.11 Å². The summed E-state index contributed by atoms with van der Waals surface area (Å²) in [6, 6.07) is 7.09. The van der Waals surface area contributed by atoms with Gasteiger partial charge in [0.25, 0.3) is 0 Å². The molecule has 60 valence electrons. The summed E-state index contributed by atoms with van der Waals surface area (Å²) in [7, 11) is 0. The van der Waals surface area contributed by atoms with Crippen molar-refractivity contribution in [1.29, 1.82) is 0 Å². The molecule has 4 heteroatoms. The Kier molecular flexibility index (Phi) is 1.33. The molecule has 0 aliphatic carbocycles. The lowest BCUT2D eigenvalue weighted by Gasteiger charge is -1.91. The van der Waals surface area contributed by atoms with Crippen molar-refractivity contribution in [2.75, 3.05) is 0 Å². The van der Waals surface area contributed by atoms with Gasteiger partial charge in [0.15, 0.2) is 5.82 Å². The number of carbonyl (C=O) groups is 1. The average Bonchev–Trinajstić information content (AvgIpc) is 2.46. The van der Waals surface area contributed by atoms with Crippen LogP contribution in [0.3, 0.4) is 0 Å². The van der Waals surface area contributed by atoms with E-state index in [-0.39, 0.29) is 5.82 Å². The van der Waals surface area contributed by atoms with Crippen molar-refractivity contribution in [3.8, 4) is 0 Å². The molecule has 0 amide bonds. The average molecular weight is 161 g/mol. The number of aromatic amines is 1. The molecule has 1 aromatic heterocycles. The van der Waals surface area contributed by atoms with Gasteiger partial charge in [-0.25, -0.2) is 4.98 Å². The highest BCUT2D eigenvalue weighted by molar-refractivity contribution is 5.87. The number of nitrogens with zero attached hydrogens (tertiary/aromatic N) is 1. The van der Waals surface area contributed by atoms with Crippen molar-refractivity contribution >= 4 is 17.0 Å². The van der Waals surface area contributed by atoms with Gasteiger partial charge in [-0.15, -0.1) is 0 Å². The van der Waals surface area contributed by atoms with E-state index in [1.165, 1.54) is 0 Å². The Hall–Kier alpha value is -1.84. The van der Waals surface area contributed by atoms with Crippen LogP contribution in [-0.4, -0.2) is 15.9 Å². The fourth-order valence-corrected chi connectivity index (χ4v) is 1.05. The number of para-hydroxylation sites is 2. The first kappa shape index (κ1) is 6.84. The number of carboxylic acids is 1. The molecule has 12 heavy (non-hydrogen) atoms. The fourth-order valence-electron chi connectivity index (χ4n) is 1.05. The number of fused-ring (bicyclic) bond motifs is 1. The SMILES string of the molecule is O=C([O-])c1nc2ccccc2[nH]1. The molecule has 0 saturated carbocycles. The molecule has 1 heterocycles. The van der Waals surface area contributed by atoms with Crippen LogP contribution in [0.5, 0.6) is 0 Å². The second-order valence-electron chi connectivity index (χ2n) is 2.39. The minimum atomic E-state index is -1.29. The van der Waals surface area contributed by atoms with Crippen molar-refractivity contribution in [3.05, 3.63) is 30.1 Å². The number of H-pyrrole nitrogens is 1. The number of benzene rings is 1. The van der Waals surface area contributed by atoms with E-state index < -0.39 is 5.97 Å². The van der Waals surface area contributed by atoms with Crippen LogP contribution in [-0.2, 0) is 0 Å². The van der Waals surface area contributed by atoms with E-state index >= 15 is 0 Å². The second-order valence-corrected chi connectivity index (χ2v) is 2.39. The standard InChI is InChI=1S/C8H6N2O2/c11-8(12)7-9-5-3-1-2-4-6(5)10-7/h1-4H,(H,9,10)(H,11,12)/p-1. The molecule has 1 N–H and O–H groups in total. The molecule has 0 fully saturated rings. The smallest absolute Gasteiger partial charge is 0.154 e. The number of aromatic carboxylic acids is 1. The zero-order valence-corrected chi connectivity index (χ0v) is 6.07. The summed E-state index contributed by atoms with van der Waals surface area (Å²) in [5, 5.41) is 10.4. The van der Waals surface area contributed by atoms with Gasteiger partial charge in [-0.05, 0) is 12.1 Å². The molecule has 0 bridgehead atoms. The highest BCUT2D eigenvalue weighted by atomic mass is 16.4. The minimum Gasteiger partial charge on any atom is -0.542 e. The summed E-state index contributed by atoms with van der Waals surface area (Å²) in [4.78, 5) is 16.8. The molecule has 2 rings (SSSR count). The van der Waals surface area contributed by atoms with Crippen LogP contribution in [0, 0.1) is 0 Å². The highest BCUT2D eigenvalue weighted by Gasteiger charge is 2.00. The van der Waals surface area contributed by atoms with E-state index in [0.29, 0.717) is 11.0 Å². The van der Waals surface area contributed by atoms with Crippen molar-refractivity contribution < 1.29 is 9.90 Å². The predicted octanol–water partition coefficient (Wildman–Crippen LogP) is -0.0736. The van der Waals surface area contributed by atoms with E-state index in [4.69, 9.17) is 0 Å². The van der Waals surface area contributed by atoms with Crippen molar-refractivity contribution in [1.82, 2.24) is 9.97 Å². The Morgan fingerprint density at radius 3 is 2.83 bits per heavy atom. The molecule has 4 nitrogen and oxygen atoms in total. The van der Waals surface area contributed by atoms with Gasteiger partial charge in [0.1, 0.15) is 5.97 Å². The van der Waals surface area contributed by atoms with Crippen molar-refractivity contribution in [2.45, 2.75) is 0 Å². The molecule has 0 saturated heterocycles. The molecule has 0 radical (unpaired) electrons. The predicted molar refractivity (Wildman–Crippen MR) is 40.4 cm³/mol. The number of imidazole rings is 1. The van der Waals surface area contributed by atoms with Gasteiger partial charge in [-0.2, -0.15) is 0 Å². The summed E-state index contributed by atoms with van der Waals surface area (Å²) in [6.45, 7) is 0. The number of hydrogen-bond acceptors (Lipinski definition) is 3. The number of hydrogen-bond donors (Lipinski definition) is 1. The third kappa shape index (κ3) is 0.934. The third-order valence-electron chi connectivity index (χ3n) is 1.58. The van der Waals surface area contributed by atoms with Crippen LogP contribution in [0.2, 0.25) is 0 Å². The number of aromatic nitrogens is 2. The zero-order valence-electron chi connectivity index (χ0n) is 6.07. The van der Waals surface area contributed by atoms with Crippen LogP contribution in [0.4, 0.5) is 0 Å². The lowest BCUT2D eigenvalue weighted by atomic mass is 10.3. The van der Waals surface area contributed by atoms with E-state index in [1.807, 2.05) is 0 Å². The third-order valence-corrected chi connectivity index (χ3v) is 1.58. The van der Waals surface area contributed by atoms with Crippen LogP contribution in [0.25, 0.3) is 11.0 Å². The van der Waals surface area contributed by atoms with Gasteiger partial charge in [-0.1, -0.05) is 12.1 Å². The van der Waals surface area contributed by atoms with E-state index in [1.54, 1.807) is 24.3 Å². The van der Waals surface area contributed by atoms with E-state index in [0.717, 1.165) is 0 Å². The molecule has 2 aromatic rings.